The van der Waals surface area contributed by atoms with Crippen LogP contribution in [0, 0.1) is 5.92 Å². The molecule has 4 aromatic rings. The smallest absolute Gasteiger partial charge is 0.238 e. The predicted octanol–water partition coefficient (Wildman–Crippen LogP) is 5.56. The average Bonchev–Trinajstić information content (AvgIpc) is 3.52. The number of ketones is 2. The van der Waals surface area contributed by atoms with Crippen LogP contribution in [0.15, 0.2) is 103 Å². The van der Waals surface area contributed by atoms with Gasteiger partial charge in [-0.2, -0.15) is 0 Å². The van der Waals surface area contributed by atoms with Crippen molar-refractivity contribution in [3.63, 3.8) is 0 Å². The number of amides is 1. The number of nitrogens with zero attached hydrogens (tertiary/aromatic N) is 1. The number of hydrogen-bond acceptors (Lipinski definition) is 6. The van der Waals surface area contributed by atoms with Crippen LogP contribution in [0.2, 0.25) is 0 Å². The number of nitrogens with one attached hydrogen (secondary N) is 1. The Labute approximate surface area is 243 Å². The number of ether oxygens (including phenoxy) is 2. The highest BCUT2D eigenvalue weighted by atomic mass is 16.5. The first-order chi connectivity index (χ1) is 20.5. The second kappa shape index (κ2) is 9.73. The quantitative estimate of drug-likeness (QED) is 0.313. The van der Waals surface area contributed by atoms with Crippen molar-refractivity contribution >= 4 is 34.9 Å². The molecule has 1 amide bonds. The highest BCUT2D eigenvalue weighted by molar-refractivity contribution is 6.20. The van der Waals surface area contributed by atoms with Gasteiger partial charge in [-0.05, 0) is 41.5 Å². The normalized spacial score (nSPS) is 23.1. The Bertz CT molecular complexity index is 1780. The van der Waals surface area contributed by atoms with E-state index in [0.717, 1.165) is 11.3 Å². The van der Waals surface area contributed by atoms with E-state index in [1.165, 1.54) is 14.2 Å². The second-order valence-electron chi connectivity index (χ2n) is 10.7. The summed E-state index contributed by atoms with van der Waals surface area (Å²) in [7, 11) is 3.05. The lowest BCUT2D eigenvalue weighted by Gasteiger charge is -2.37. The third-order valence-corrected chi connectivity index (χ3v) is 8.80. The topological polar surface area (TPSA) is 84.9 Å². The Hall–Kier alpha value is -5.17. The maximum Gasteiger partial charge on any atom is 0.238 e. The molecule has 0 unspecified atom stereocenters. The zero-order chi connectivity index (χ0) is 29.0. The van der Waals surface area contributed by atoms with Crippen LogP contribution < -0.4 is 19.7 Å². The van der Waals surface area contributed by atoms with E-state index in [4.69, 9.17) is 9.47 Å². The molecule has 0 aliphatic carbocycles. The first-order valence-electron chi connectivity index (χ1n) is 13.8. The summed E-state index contributed by atoms with van der Waals surface area (Å²) in [5.74, 6) is -0.843. The van der Waals surface area contributed by atoms with Gasteiger partial charge in [-0.25, -0.2) is 0 Å². The predicted molar refractivity (Wildman–Crippen MR) is 160 cm³/mol. The number of fused-ring (bicyclic) bond motifs is 5. The Morgan fingerprint density at radius 1 is 0.786 bits per heavy atom. The maximum absolute atomic E-state index is 14.9. The molecule has 3 aliphatic rings. The van der Waals surface area contributed by atoms with Gasteiger partial charge >= 0.3 is 0 Å². The van der Waals surface area contributed by atoms with Crippen molar-refractivity contribution in [3.05, 3.63) is 125 Å². The number of methoxy groups -OCH3 is 2. The Kier molecular flexibility index (Phi) is 5.97. The molecular formula is C35H28N2O5. The van der Waals surface area contributed by atoms with Crippen molar-refractivity contribution in [2.45, 2.75) is 17.5 Å². The van der Waals surface area contributed by atoms with Crippen LogP contribution in [0.3, 0.4) is 0 Å². The molecule has 7 rings (SSSR count). The molecule has 208 valence electrons. The summed E-state index contributed by atoms with van der Waals surface area (Å²) in [6.07, 6.45) is 3.95. The summed E-state index contributed by atoms with van der Waals surface area (Å²) < 4.78 is 10.9. The van der Waals surface area contributed by atoms with Gasteiger partial charge < -0.3 is 19.7 Å². The Morgan fingerprint density at radius 3 is 2.29 bits per heavy atom. The van der Waals surface area contributed by atoms with Crippen LogP contribution in [0.5, 0.6) is 11.5 Å². The lowest BCUT2D eigenvalue weighted by atomic mass is 9.63. The van der Waals surface area contributed by atoms with E-state index < -0.39 is 23.4 Å². The molecule has 1 N–H and O–H groups in total. The largest absolute Gasteiger partial charge is 0.493 e. The monoisotopic (exact) mass is 556 g/mol. The number of anilines is 2. The molecule has 0 saturated carbocycles. The van der Waals surface area contributed by atoms with Gasteiger partial charge in [0.1, 0.15) is 11.5 Å². The van der Waals surface area contributed by atoms with Crippen LogP contribution in [0.1, 0.15) is 31.8 Å². The number of carbonyl (C=O) groups excluding carboxylic acids is 3. The third kappa shape index (κ3) is 3.49. The van der Waals surface area contributed by atoms with E-state index in [-0.39, 0.29) is 17.5 Å². The Morgan fingerprint density at radius 2 is 1.50 bits per heavy atom. The minimum absolute atomic E-state index is 0.191. The van der Waals surface area contributed by atoms with Crippen LogP contribution in [0.25, 0.3) is 6.08 Å². The van der Waals surface area contributed by atoms with Gasteiger partial charge in [0.15, 0.2) is 23.1 Å². The summed E-state index contributed by atoms with van der Waals surface area (Å²) in [6.45, 7) is 0. The number of hydrogen-bond donors (Lipinski definition) is 1. The van der Waals surface area contributed by atoms with Crippen LogP contribution >= 0.6 is 0 Å². The van der Waals surface area contributed by atoms with Crippen LogP contribution in [0.4, 0.5) is 11.4 Å². The number of rotatable bonds is 6. The zero-order valence-electron chi connectivity index (χ0n) is 23.1. The summed E-state index contributed by atoms with van der Waals surface area (Å²) in [4.78, 5) is 46.1. The minimum atomic E-state index is -1.51. The van der Waals surface area contributed by atoms with E-state index in [1.807, 2.05) is 83.8 Å². The van der Waals surface area contributed by atoms with E-state index in [0.29, 0.717) is 33.9 Å². The molecule has 4 aromatic carbocycles. The number of benzene rings is 4. The summed E-state index contributed by atoms with van der Waals surface area (Å²) in [5, 5.41) is 3.04. The standard InChI is InChI=1S/C35H28N2O5/c1-41-28-19-17-23(20-29(28)42-2)32(39)33-35(24-13-7-8-14-25(24)36-34(35)40)30(31(38)22-11-4-3-5-12-22)27-18-16-21-10-6-9-15-26(21)37(27)33/h3-20,27,30,33H,1-2H3,(H,36,40)/t27-,30+,33-,35-/m0/s1. The van der Waals surface area contributed by atoms with Gasteiger partial charge in [-0.3, -0.25) is 14.4 Å². The van der Waals surface area contributed by atoms with E-state index in [2.05, 4.69) is 5.32 Å². The molecule has 0 aromatic heterocycles. The van der Waals surface area contributed by atoms with Crippen molar-refractivity contribution in [1.29, 1.82) is 0 Å². The van der Waals surface area contributed by atoms with Crippen LogP contribution in [-0.2, 0) is 10.2 Å². The van der Waals surface area contributed by atoms with E-state index in [9.17, 15) is 14.4 Å². The molecule has 1 fully saturated rings. The molecular weight excluding hydrogens is 528 g/mol. The molecule has 3 aliphatic heterocycles. The first-order valence-corrected chi connectivity index (χ1v) is 13.8. The highest BCUT2D eigenvalue weighted by Crippen LogP contribution is 2.58. The fourth-order valence-corrected chi connectivity index (χ4v) is 7.07. The van der Waals surface area contributed by atoms with Crippen molar-refractivity contribution in [1.82, 2.24) is 0 Å². The minimum Gasteiger partial charge on any atom is -0.493 e. The molecule has 42 heavy (non-hydrogen) atoms. The molecule has 1 saturated heterocycles. The summed E-state index contributed by atoms with van der Waals surface area (Å²) >= 11 is 0. The third-order valence-electron chi connectivity index (χ3n) is 8.80. The summed E-state index contributed by atoms with van der Waals surface area (Å²) in [6, 6.07) is 27.6. The number of Topliss-reactive ketones (excluding diaryl/α,β-unsaturated/α-hetero) is 2. The zero-order valence-corrected chi connectivity index (χ0v) is 23.1. The average molecular weight is 557 g/mol. The van der Waals surface area contributed by atoms with Crippen molar-refractivity contribution in [2.75, 3.05) is 24.4 Å². The Balaban J connectivity index is 1.53. The van der Waals surface area contributed by atoms with Gasteiger partial charge in [0.25, 0.3) is 0 Å². The summed E-state index contributed by atoms with van der Waals surface area (Å²) in [5.41, 5.74) is 2.29. The molecule has 4 atom stereocenters. The number of para-hydroxylation sites is 2. The second-order valence-corrected chi connectivity index (χ2v) is 10.7. The fraction of sp³-hybridized carbons (Fsp3) is 0.171. The van der Waals surface area contributed by atoms with Gasteiger partial charge in [0.2, 0.25) is 5.91 Å². The van der Waals surface area contributed by atoms with Crippen molar-refractivity contribution in [2.24, 2.45) is 5.92 Å². The van der Waals surface area contributed by atoms with Gasteiger partial charge in [-0.15, -0.1) is 0 Å². The van der Waals surface area contributed by atoms with Gasteiger partial charge in [-0.1, -0.05) is 78.9 Å². The van der Waals surface area contributed by atoms with Gasteiger partial charge in [0, 0.05) is 22.5 Å². The molecule has 7 nitrogen and oxygen atoms in total. The van der Waals surface area contributed by atoms with Crippen molar-refractivity contribution < 1.29 is 23.9 Å². The van der Waals surface area contributed by atoms with E-state index >= 15 is 0 Å². The molecule has 0 radical (unpaired) electrons. The molecule has 1 spiro atoms. The highest BCUT2D eigenvalue weighted by Gasteiger charge is 2.71. The fourth-order valence-electron chi connectivity index (χ4n) is 7.07. The lowest BCUT2D eigenvalue weighted by molar-refractivity contribution is -0.121. The molecule has 3 heterocycles. The maximum atomic E-state index is 14.9. The van der Waals surface area contributed by atoms with Crippen LogP contribution in [-0.4, -0.2) is 43.8 Å². The number of carbonyl (C=O) groups is 3. The van der Waals surface area contributed by atoms with E-state index in [1.54, 1.807) is 30.3 Å². The lowest BCUT2D eigenvalue weighted by Crippen LogP contribution is -2.55. The molecule has 0 bridgehead atoms. The first kappa shape index (κ1) is 25.8. The van der Waals surface area contributed by atoms with Gasteiger partial charge in [0.05, 0.1) is 26.2 Å². The molecule has 7 heteroatoms. The van der Waals surface area contributed by atoms with Crippen molar-refractivity contribution in [3.8, 4) is 11.5 Å². The SMILES string of the molecule is COc1ccc(C(=O)[C@@H]2N3c4ccccc4C=C[C@H]3[C@H](C(=O)c3ccccc3)[C@]23C(=O)Nc2ccccc23)cc1OC.